The maximum absolute atomic E-state index is 12.9. The fraction of sp³-hybridized carbons (Fsp3) is 0.414. The van der Waals surface area contributed by atoms with E-state index in [1.54, 1.807) is 18.2 Å². The minimum absolute atomic E-state index is 0.0504. The molecule has 38 heavy (non-hydrogen) atoms. The summed E-state index contributed by atoms with van der Waals surface area (Å²) < 4.78 is 11.3. The molecule has 1 spiro atoms. The van der Waals surface area contributed by atoms with Gasteiger partial charge in [0.15, 0.2) is 0 Å². The minimum atomic E-state index is -0.807. The Morgan fingerprint density at radius 2 is 2.13 bits per heavy atom. The molecule has 9 nitrogen and oxygen atoms in total. The Hall–Kier alpha value is -4.19. The molecule has 1 fully saturated rings. The Bertz CT molecular complexity index is 1420. The molecular weight excluding hydrogens is 484 g/mol. The molecule has 2 heterocycles. The van der Waals surface area contributed by atoms with Gasteiger partial charge in [0.05, 0.1) is 11.7 Å². The smallest absolute Gasteiger partial charge is 0.303 e. The first-order valence-electron chi connectivity index (χ1n) is 13.0. The van der Waals surface area contributed by atoms with Crippen molar-refractivity contribution < 1.29 is 24.0 Å². The average Bonchev–Trinajstić information content (AvgIpc) is 3.60. The van der Waals surface area contributed by atoms with E-state index in [2.05, 4.69) is 22.3 Å². The van der Waals surface area contributed by atoms with Gasteiger partial charge in [0.25, 0.3) is 5.89 Å². The monoisotopic (exact) mass is 514 g/mol. The van der Waals surface area contributed by atoms with E-state index in [9.17, 15) is 14.9 Å². The van der Waals surface area contributed by atoms with Gasteiger partial charge in [-0.25, -0.2) is 0 Å². The number of carbonyl (C=O) groups excluding carboxylic acids is 1. The second-order valence-corrected chi connectivity index (χ2v) is 10.4. The van der Waals surface area contributed by atoms with Crippen LogP contribution in [-0.4, -0.2) is 51.2 Å². The fourth-order valence-electron chi connectivity index (χ4n) is 5.66. The SMILES string of the molecule is CC(C)Oc1ccc(-c2nc(-c3cccc4c3CC[C@@]43CC(=O)N(CCCCC(=O)O)C3)no2)cc1C#N. The number of carbonyl (C=O) groups is 2. The molecule has 5 rings (SSSR count). The van der Waals surface area contributed by atoms with Gasteiger partial charge in [-0.1, -0.05) is 23.4 Å². The van der Waals surface area contributed by atoms with Crippen LogP contribution < -0.4 is 4.74 Å². The molecule has 1 saturated heterocycles. The quantitative estimate of drug-likeness (QED) is 0.406. The maximum atomic E-state index is 12.9. The van der Waals surface area contributed by atoms with E-state index in [-0.39, 0.29) is 23.8 Å². The van der Waals surface area contributed by atoms with Gasteiger partial charge in [-0.3, -0.25) is 9.59 Å². The van der Waals surface area contributed by atoms with Gasteiger partial charge in [-0.05, 0) is 68.9 Å². The highest BCUT2D eigenvalue weighted by molar-refractivity contribution is 5.82. The van der Waals surface area contributed by atoms with Crippen molar-refractivity contribution in [3.63, 3.8) is 0 Å². The predicted molar refractivity (Wildman–Crippen MR) is 138 cm³/mol. The van der Waals surface area contributed by atoms with Crippen molar-refractivity contribution in [3.05, 3.63) is 53.1 Å². The molecule has 0 radical (unpaired) electrons. The number of amides is 1. The number of nitriles is 1. The Kier molecular flexibility index (Phi) is 6.89. The van der Waals surface area contributed by atoms with Crippen LogP contribution in [0.25, 0.3) is 22.8 Å². The third-order valence-corrected chi connectivity index (χ3v) is 7.38. The fourth-order valence-corrected chi connectivity index (χ4v) is 5.66. The Labute approximate surface area is 221 Å². The molecule has 1 amide bonds. The summed E-state index contributed by atoms with van der Waals surface area (Å²) in [6.07, 6.45) is 3.47. The Morgan fingerprint density at radius 1 is 1.29 bits per heavy atom. The van der Waals surface area contributed by atoms with E-state index in [0.717, 1.165) is 29.5 Å². The number of ether oxygens (including phenoxy) is 1. The zero-order valence-electron chi connectivity index (χ0n) is 21.6. The van der Waals surface area contributed by atoms with Gasteiger partial charge in [0, 0.05) is 42.5 Å². The molecule has 2 aliphatic rings. The first-order chi connectivity index (χ1) is 18.3. The number of likely N-dealkylation sites (tertiary alicyclic amines) is 1. The molecule has 0 saturated carbocycles. The Balaban J connectivity index is 1.37. The van der Waals surface area contributed by atoms with Crippen LogP contribution in [0, 0.1) is 11.3 Å². The number of benzene rings is 2. The highest BCUT2D eigenvalue weighted by Crippen LogP contribution is 2.48. The third kappa shape index (κ3) is 4.86. The van der Waals surface area contributed by atoms with Gasteiger partial charge in [0.2, 0.25) is 11.7 Å². The number of unbranched alkanes of at least 4 members (excludes halogenated alkanes) is 1. The Morgan fingerprint density at radius 3 is 2.89 bits per heavy atom. The zero-order chi connectivity index (χ0) is 26.9. The van der Waals surface area contributed by atoms with Crippen molar-refractivity contribution >= 4 is 11.9 Å². The van der Waals surface area contributed by atoms with E-state index >= 15 is 0 Å². The molecule has 2 aromatic carbocycles. The normalized spacial score (nSPS) is 18.3. The lowest BCUT2D eigenvalue weighted by molar-refractivity contribution is -0.137. The topological polar surface area (TPSA) is 130 Å². The van der Waals surface area contributed by atoms with E-state index in [1.165, 1.54) is 0 Å². The molecule has 1 aromatic heterocycles. The van der Waals surface area contributed by atoms with Crippen molar-refractivity contribution in [1.82, 2.24) is 15.0 Å². The molecule has 1 atom stereocenters. The predicted octanol–water partition coefficient (Wildman–Crippen LogP) is 4.73. The molecule has 1 N–H and O–H groups in total. The van der Waals surface area contributed by atoms with Crippen LogP contribution in [-0.2, 0) is 21.4 Å². The molecule has 1 aliphatic heterocycles. The number of nitrogens with zero attached hydrogens (tertiary/aromatic N) is 4. The van der Waals surface area contributed by atoms with Gasteiger partial charge < -0.3 is 19.3 Å². The number of carboxylic acids is 1. The second-order valence-electron chi connectivity index (χ2n) is 10.4. The number of fused-ring (bicyclic) bond motifs is 2. The molecule has 0 unspecified atom stereocenters. The maximum Gasteiger partial charge on any atom is 0.303 e. The average molecular weight is 515 g/mol. The highest BCUT2D eigenvalue weighted by Gasteiger charge is 2.48. The minimum Gasteiger partial charge on any atom is -0.490 e. The van der Waals surface area contributed by atoms with Gasteiger partial charge in [-0.15, -0.1) is 0 Å². The van der Waals surface area contributed by atoms with Gasteiger partial charge in [0.1, 0.15) is 11.8 Å². The molecule has 0 bridgehead atoms. The van der Waals surface area contributed by atoms with Crippen molar-refractivity contribution in [2.24, 2.45) is 0 Å². The van der Waals surface area contributed by atoms with Crippen LogP contribution in [0.4, 0.5) is 0 Å². The molecule has 3 aromatic rings. The van der Waals surface area contributed by atoms with Gasteiger partial charge >= 0.3 is 5.97 Å². The largest absolute Gasteiger partial charge is 0.490 e. The van der Waals surface area contributed by atoms with Gasteiger partial charge in [-0.2, -0.15) is 10.2 Å². The number of aliphatic carboxylic acids is 1. The first kappa shape index (κ1) is 25.5. The number of hydrogen-bond acceptors (Lipinski definition) is 7. The summed E-state index contributed by atoms with van der Waals surface area (Å²) >= 11 is 0. The number of aromatic nitrogens is 2. The van der Waals surface area contributed by atoms with Crippen LogP contribution in [0.3, 0.4) is 0 Å². The summed E-state index contributed by atoms with van der Waals surface area (Å²) in [4.78, 5) is 30.2. The second kappa shape index (κ2) is 10.3. The van der Waals surface area contributed by atoms with E-state index in [1.807, 2.05) is 30.9 Å². The number of carboxylic acid groups (broad SMARTS) is 1. The zero-order valence-corrected chi connectivity index (χ0v) is 21.6. The summed E-state index contributed by atoms with van der Waals surface area (Å²) in [5.41, 5.74) is 3.98. The van der Waals surface area contributed by atoms with Crippen LogP contribution >= 0.6 is 0 Å². The van der Waals surface area contributed by atoms with Crippen LogP contribution in [0.1, 0.15) is 62.6 Å². The standard InChI is InChI=1S/C29H30N4O5/c1-18(2)37-24-10-9-19(14-20(24)16-30)28-31-27(32-38-28)22-6-5-7-23-21(22)11-12-29(23)15-25(34)33(17-29)13-4-3-8-26(35)36/h5-7,9-10,14,18H,3-4,8,11-13,15,17H2,1-2H3,(H,35,36)/t29-/m0/s1. The summed E-state index contributed by atoms with van der Waals surface area (Å²) in [5.74, 6) is 0.628. The van der Waals surface area contributed by atoms with Crippen molar-refractivity contribution in [2.45, 2.75) is 63.9 Å². The summed E-state index contributed by atoms with van der Waals surface area (Å²) in [5, 5.41) is 22.7. The summed E-state index contributed by atoms with van der Waals surface area (Å²) in [7, 11) is 0. The molecule has 196 valence electrons. The van der Waals surface area contributed by atoms with E-state index < -0.39 is 5.97 Å². The van der Waals surface area contributed by atoms with Crippen LogP contribution in [0.2, 0.25) is 0 Å². The lowest BCUT2D eigenvalue weighted by atomic mass is 9.80. The van der Waals surface area contributed by atoms with Crippen molar-refractivity contribution in [1.29, 1.82) is 5.26 Å². The van der Waals surface area contributed by atoms with Crippen LogP contribution in [0.5, 0.6) is 5.75 Å². The molecule has 1 aliphatic carbocycles. The summed E-state index contributed by atoms with van der Waals surface area (Å²) in [6.45, 7) is 5.05. The summed E-state index contributed by atoms with van der Waals surface area (Å²) in [6, 6.07) is 13.5. The number of rotatable bonds is 9. The molecule has 9 heteroatoms. The molecular formula is C29H30N4O5. The first-order valence-corrected chi connectivity index (χ1v) is 13.0. The lowest BCUT2D eigenvalue weighted by Gasteiger charge is -2.25. The van der Waals surface area contributed by atoms with E-state index in [4.69, 9.17) is 14.4 Å². The van der Waals surface area contributed by atoms with E-state index in [0.29, 0.717) is 60.9 Å². The van der Waals surface area contributed by atoms with Crippen molar-refractivity contribution in [2.75, 3.05) is 13.1 Å². The highest BCUT2D eigenvalue weighted by atomic mass is 16.5. The van der Waals surface area contributed by atoms with Crippen LogP contribution in [0.15, 0.2) is 40.9 Å². The van der Waals surface area contributed by atoms with Crippen molar-refractivity contribution in [3.8, 4) is 34.7 Å². The third-order valence-electron chi connectivity index (χ3n) is 7.38. The number of hydrogen-bond donors (Lipinski definition) is 1. The lowest BCUT2D eigenvalue weighted by Crippen LogP contribution is -2.30.